The van der Waals surface area contributed by atoms with Crippen molar-refractivity contribution in [1.29, 1.82) is 0 Å². The molecule has 0 aliphatic rings. The summed E-state index contributed by atoms with van der Waals surface area (Å²) >= 11 is 0. The van der Waals surface area contributed by atoms with Gasteiger partial charge in [-0.1, -0.05) is 0 Å². The molecule has 2 heteroatoms. The Morgan fingerprint density at radius 3 is 2.40 bits per heavy atom. The summed E-state index contributed by atoms with van der Waals surface area (Å²) in [6, 6.07) is 0.0648. The highest BCUT2D eigenvalue weighted by Crippen LogP contribution is 2.16. The van der Waals surface area contributed by atoms with Gasteiger partial charge in [0.1, 0.15) is 0 Å². The Kier molecular flexibility index (Phi) is 3.38. The third-order valence-corrected chi connectivity index (χ3v) is 1.56. The van der Waals surface area contributed by atoms with Crippen molar-refractivity contribution < 1.29 is 4.74 Å². The summed E-state index contributed by atoms with van der Waals surface area (Å²) in [7, 11) is 1.68. The van der Waals surface area contributed by atoms with Crippen LogP contribution in [0.5, 0.6) is 0 Å². The molecule has 0 aromatic heterocycles. The molecule has 0 amide bonds. The van der Waals surface area contributed by atoms with Gasteiger partial charge in [-0.25, -0.2) is 6.57 Å². The predicted octanol–water partition coefficient (Wildman–Crippen LogP) is 2.11. The van der Waals surface area contributed by atoms with Crippen molar-refractivity contribution in [2.45, 2.75) is 38.8 Å². The van der Waals surface area contributed by atoms with E-state index in [2.05, 4.69) is 4.85 Å². The molecule has 58 valence electrons. The predicted molar refractivity (Wildman–Crippen MR) is 41.8 cm³/mol. The van der Waals surface area contributed by atoms with E-state index >= 15 is 0 Å². The minimum atomic E-state index is -0.149. The Labute approximate surface area is 63.0 Å². The van der Waals surface area contributed by atoms with Crippen LogP contribution < -0.4 is 0 Å². The largest absolute Gasteiger partial charge is 0.379 e. The number of ether oxygens (including phenoxy) is 1. The van der Waals surface area contributed by atoms with Gasteiger partial charge in [0.25, 0.3) is 0 Å². The molecule has 0 bridgehead atoms. The standard InChI is InChI=1S/C8H15NO/c1-7(9-4)6-8(2,3)10-5/h7H,6H2,1-3,5H3. The second-order valence-corrected chi connectivity index (χ2v) is 3.15. The van der Waals surface area contributed by atoms with Crippen LogP contribution in [-0.2, 0) is 4.74 Å². The highest BCUT2D eigenvalue weighted by atomic mass is 16.5. The zero-order valence-electron chi connectivity index (χ0n) is 7.14. The van der Waals surface area contributed by atoms with Crippen LogP contribution in [0, 0.1) is 6.57 Å². The Bertz CT molecular complexity index is 135. The first-order valence-corrected chi connectivity index (χ1v) is 3.43. The van der Waals surface area contributed by atoms with Gasteiger partial charge in [0.05, 0.1) is 12.0 Å². The van der Waals surface area contributed by atoms with Gasteiger partial charge in [-0.3, -0.25) is 0 Å². The fourth-order valence-electron chi connectivity index (χ4n) is 0.840. The molecule has 0 radical (unpaired) electrons. The highest BCUT2D eigenvalue weighted by molar-refractivity contribution is 4.81. The number of nitrogens with zero attached hydrogens (tertiary/aromatic N) is 1. The van der Waals surface area contributed by atoms with Gasteiger partial charge >= 0.3 is 0 Å². The molecule has 1 unspecified atom stereocenters. The molecule has 0 spiro atoms. The van der Waals surface area contributed by atoms with Gasteiger partial charge in [0.15, 0.2) is 0 Å². The van der Waals surface area contributed by atoms with Crippen molar-refractivity contribution in [3.8, 4) is 0 Å². The summed E-state index contributed by atoms with van der Waals surface area (Å²) in [5.74, 6) is 0. The summed E-state index contributed by atoms with van der Waals surface area (Å²) in [6.07, 6.45) is 0.799. The zero-order chi connectivity index (χ0) is 8.20. The monoisotopic (exact) mass is 141 g/mol. The van der Waals surface area contributed by atoms with E-state index in [9.17, 15) is 0 Å². The number of hydrogen-bond donors (Lipinski definition) is 0. The van der Waals surface area contributed by atoms with E-state index in [4.69, 9.17) is 11.3 Å². The summed E-state index contributed by atoms with van der Waals surface area (Å²) in [6.45, 7) is 12.6. The molecule has 0 aliphatic carbocycles. The molecule has 1 atom stereocenters. The highest BCUT2D eigenvalue weighted by Gasteiger charge is 2.22. The molecule has 0 N–H and O–H groups in total. The fourth-order valence-corrected chi connectivity index (χ4v) is 0.840. The van der Waals surface area contributed by atoms with Crippen LogP contribution >= 0.6 is 0 Å². The summed E-state index contributed by atoms with van der Waals surface area (Å²) in [5, 5.41) is 0. The van der Waals surface area contributed by atoms with E-state index < -0.39 is 0 Å². The summed E-state index contributed by atoms with van der Waals surface area (Å²) in [5.41, 5.74) is -0.149. The fraction of sp³-hybridized carbons (Fsp3) is 0.875. The second-order valence-electron chi connectivity index (χ2n) is 3.15. The SMILES string of the molecule is [C-]#[N+]C(C)CC(C)(C)OC. The lowest BCUT2D eigenvalue weighted by atomic mass is 10.0. The van der Waals surface area contributed by atoms with Crippen molar-refractivity contribution in [3.05, 3.63) is 11.4 Å². The molecule has 0 aliphatic heterocycles. The number of methoxy groups -OCH3 is 1. The second kappa shape index (κ2) is 3.58. The molecule has 0 aromatic carbocycles. The summed E-state index contributed by atoms with van der Waals surface area (Å²) in [4.78, 5) is 3.39. The van der Waals surface area contributed by atoms with Gasteiger partial charge in [-0.2, -0.15) is 0 Å². The van der Waals surface area contributed by atoms with Gasteiger partial charge in [-0.15, -0.1) is 0 Å². The van der Waals surface area contributed by atoms with Crippen LogP contribution in [0.1, 0.15) is 27.2 Å². The summed E-state index contributed by atoms with van der Waals surface area (Å²) < 4.78 is 5.17. The maximum Gasteiger partial charge on any atom is 0.223 e. The molecule has 2 nitrogen and oxygen atoms in total. The van der Waals surface area contributed by atoms with E-state index in [1.165, 1.54) is 0 Å². The lowest BCUT2D eigenvalue weighted by Gasteiger charge is -2.21. The van der Waals surface area contributed by atoms with E-state index in [0.29, 0.717) is 0 Å². The minimum absolute atomic E-state index is 0.0648. The third kappa shape index (κ3) is 3.47. The van der Waals surface area contributed by atoms with Crippen molar-refractivity contribution in [2.75, 3.05) is 7.11 Å². The Hall–Kier alpha value is -0.550. The molecular formula is C8H15NO. The molecule has 10 heavy (non-hydrogen) atoms. The Balaban J connectivity index is 3.79. The molecule has 0 saturated heterocycles. The van der Waals surface area contributed by atoms with Crippen molar-refractivity contribution in [2.24, 2.45) is 0 Å². The van der Waals surface area contributed by atoms with Crippen LogP contribution in [0.25, 0.3) is 4.85 Å². The van der Waals surface area contributed by atoms with E-state index in [0.717, 1.165) is 6.42 Å². The van der Waals surface area contributed by atoms with Crippen molar-refractivity contribution in [1.82, 2.24) is 0 Å². The average molecular weight is 141 g/mol. The number of rotatable bonds is 3. The Morgan fingerprint density at radius 2 is 2.10 bits per heavy atom. The topological polar surface area (TPSA) is 13.6 Å². The Morgan fingerprint density at radius 1 is 1.60 bits per heavy atom. The van der Waals surface area contributed by atoms with Crippen molar-refractivity contribution in [3.63, 3.8) is 0 Å². The van der Waals surface area contributed by atoms with Crippen molar-refractivity contribution >= 4 is 0 Å². The quantitative estimate of drug-likeness (QED) is 0.549. The third-order valence-electron chi connectivity index (χ3n) is 1.56. The average Bonchev–Trinajstić information content (AvgIpc) is 1.87. The first kappa shape index (κ1) is 9.45. The molecular weight excluding hydrogens is 126 g/mol. The molecule has 0 aromatic rings. The van der Waals surface area contributed by atoms with Crippen LogP contribution in [0.2, 0.25) is 0 Å². The lowest BCUT2D eigenvalue weighted by molar-refractivity contribution is 0.0138. The maximum absolute atomic E-state index is 6.73. The van der Waals surface area contributed by atoms with Crippen LogP contribution in [0.15, 0.2) is 0 Å². The van der Waals surface area contributed by atoms with E-state index in [1.54, 1.807) is 7.11 Å². The van der Waals surface area contributed by atoms with Crippen LogP contribution in [0.3, 0.4) is 0 Å². The zero-order valence-corrected chi connectivity index (χ0v) is 7.14. The van der Waals surface area contributed by atoms with Gasteiger partial charge in [0, 0.05) is 14.0 Å². The minimum Gasteiger partial charge on any atom is -0.379 e. The van der Waals surface area contributed by atoms with E-state index in [1.807, 2.05) is 20.8 Å². The maximum atomic E-state index is 6.73. The van der Waals surface area contributed by atoms with Crippen LogP contribution in [-0.4, -0.2) is 18.8 Å². The molecule has 0 rings (SSSR count). The van der Waals surface area contributed by atoms with Gasteiger partial charge in [-0.05, 0) is 13.8 Å². The smallest absolute Gasteiger partial charge is 0.223 e. The molecule has 0 fully saturated rings. The van der Waals surface area contributed by atoms with Gasteiger partial charge in [0.2, 0.25) is 6.04 Å². The lowest BCUT2D eigenvalue weighted by Crippen LogP contribution is -2.26. The number of hydrogen-bond acceptors (Lipinski definition) is 1. The first-order chi connectivity index (χ1) is 4.52. The first-order valence-electron chi connectivity index (χ1n) is 3.43. The van der Waals surface area contributed by atoms with Gasteiger partial charge < -0.3 is 9.58 Å². The van der Waals surface area contributed by atoms with Crippen LogP contribution in [0.4, 0.5) is 0 Å². The molecule has 0 heterocycles. The molecule has 0 saturated carbocycles. The van der Waals surface area contributed by atoms with E-state index in [-0.39, 0.29) is 11.6 Å². The normalized spacial score (nSPS) is 14.3.